The number of rotatable bonds is 9. The van der Waals surface area contributed by atoms with E-state index in [-0.39, 0.29) is 0 Å². The van der Waals surface area contributed by atoms with E-state index in [2.05, 4.69) is 6.92 Å². The monoisotopic (exact) mass is 294 g/mol. The number of hydrogen-bond donors (Lipinski definition) is 1. The molecule has 1 rings (SSSR count). The van der Waals surface area contributed by atoms with Crippen molar-refractivity contribution in [2.75, 3.05) is 18.6 Å². The summed E-state index contributed by atoms with van der Waals surface area (Å²) in [6.45, 7) is 3.03. The number of hydrogen-bond acceptors (Lipinski definition) is 2. The van der Waals surface area contributed by atoms with E-state index in [1.165, 1.54) is 32.1 Å². The molecule has 3 nitrogen and oxygen atoms in total. The molecule has 0 saturated carbocycles. The van der Waals surface area contributed by atoms with Gasteiger partial charge in [-0.15, -0.1) is 0 Å². The Morgan fingerprint density at radius 3 is 2.30 bits per heavy atom. The summed E-state index contributed by atoms with van der Waals surface area (Å²) >= 11 is 4.93. The van der Waals surface area contributed by atoms with Gasteiger partial charge in [0.2, 0.25) is 0 Å². The molecular formula is C16H26N2OS. The Labute approximate surface area is 128 Å². The van der Waals surface area contributed by atoms with E-state index in [0.29, 0.717) is 5.11 Å². The summed E-state index contributed by atoms with van der Waals surface area (Å²) in [5.74, 6) is 0.902. The lowest BCUT2D eigenvalue weighted by Crippen LogP contribution is -2.31. The van der Waals surface area contributed by atoms with Crippen molar-refractivity contribution in [2.45, 2.75) is 45.4 Å². The van der Waals surface area contributed by atoms with Gasteiger partial charge in [-0.3, -0.25) is 0 Å². The molecule has 0 fully saturated rings. The van der Waals surface area contributed by atoms with Crippen molar-refractivity contribution < 1.29 is 4.74 Å². The van der Waals surface area contributed by atoms with Gasteiger partial charge in [0.25, 0.3) is 0 Å². The summed E-state index contributed by atoms with van der Waals surface area (Å²) in [4.78, 5) is 1.77. The van der Waals surface area contributed by atoms with Crippen molar-refractivity contribution in [3.05, 3.63) is 24.3 Å². The average molecular weight is 294 g/mol. The molecule has 0 aliphatic heterocycles. The lowest BCUT2D eigenvalue weighted by atomic mass is 10.1. The second-order valence-electron chi connectivity index (χ2n) is 5.01. The minimum atomic E-state index is 0.366. The van der Waals surface area contributed by atoms with Crippen molar-refractivity contribution in [1.29, 1.82) is 0 Å². The number of benzene rings is 1. The Kier molecular flexibility index (Phi) is 8.04. The number of nitrogens with two attached hydrogens (primary N) is 1. The van der Waals surface area contributed by atoms with Gasteiger partial charge in [0.1, 0.15) is 5.75 Å². The number of nitrogens with zero attached hydrogens (tertiary/aromatic N) is 1. The molecule has 0 atom stereocenters. The molecular weight excluding hydrogens is 268 g/mol. The Morgan fingerprint density at radius 1 is 1.10 bits per heavy atom. The van der Waals surface area contributed by atoms with Crippen LogP contribution in [0.15, 0.2) is 24.3 Å². The lowest BCUT2D eigenvalue weighted by molar-refractivity contribution is 0.304. The SMILES string of the molecule is CCCCCCCCOc1ccc(N(C)C(N)=S)cc1. The highest BCUT2D eigenvalue weighted by molar-refractivity contribution is 7.80. The molecule has 0 radical (unpaired) electrons. The van der Waals surface area contributed by atoms with Crippen molar-refractivity contribution in [3.63, 3.8) is 0 Å². The van der Waals surface area contributed by atoms with Crippen molar-refractivity contribution in [3.8, 4) is 5.75 Å². The van der Waals surface area contributed by atoms with Crippen molar-refractivity contribution in [1.82, 2.24) is 0 Å². The Hall–Kier alpha value is -1.29. The molecule has 4 heteroatoms. The van der Waals surface area contributed by atoms with Gasteiger partial charge in [0.15, 0.2) is 5.11 Å². The first-order chi connectivity index (χ1) is 9.65. The van der Waals surface area contributed by atoms with Gasteiger partial charge >= 0.3 is 0 Å². The second-order valence-corrected chi connectivity index (χ2v) is 5.43. The van der Waals surface area contributed by atoms with E-state index >= 15 is 0 Å². The van der Waals surface area contributed by atoms with Crippen LogP contribution in [0.3, 0.4) is 0 Å². The molecule has 2 N–H and O–H groups in total. The first-order valence-electron chi connectivity index (χ1n) is 7.41. The molecule has 0 aliphatic carbocycles. The molecule has 0 heterocycles. The van der Waals surface area contributed by atoms with E-state index in [1.807, 2.05) is 31.3 Å². The van der Waals surface area contributed by atoms with Crippen molar-refractivity contribution >= 4 is 23.0 Å². The number of unbranched alkanes of at least 4 members (excludes halogenated alkanes) is 5. The summed E-state index contributed by atoms with van der Waals surface area (Å²) in [5, 5.41) is 0.366. The maximum Gasteiger partial charge on any atom is 0.170 e. The van der Waals surface area contributed by atoms with Crippen LogP contribution < -0.4 is 15.4 Å². The fraction of sp³-hybridized carbons (Fsp3) is 0.562. The predicted molar refractivity (Wildman–Crippen MR) is 90.5 cm³/mol. The average Bonchev–Trinajstić information content (AvgIpc) is 2.46. The number of anilines is 1. The fourth-order valence-corrected chi connectivity index (χ4v) is 2.07. The number of thiocarbonyl (C=S) groups is 1. The minimum Gasteiger partial charge on any atom is -0.494 e. The third kappa shape index (κ3) is 6.24. The molecule has 0 aromatic heterocycles. The zero-order chi connectivity index (χ0) is 14.8. The van der Waals surface area contributed by atoms with Crippen LogP contribution >= 0.6 is 12.2 Å². The van der Waals surface area contributed by atoms with Gasteiger partial charge in [-0.2, -0.15) is 0 Å². The number of ether oxygens (including phenoxy) is 1. The molecule has 0 amide bonds. The predicted octanol–water partition coefficient (Wildman–Crippen LogP) is 4.11. The zero-order valence-corrected chi connectivity index (χ0v) is 13.4. The highest BCUT2D eigenvalue weighted by Crippen LogP contribution is 2.18. The van der Waals surface area contributed by atoms with Crippen LogP contribution in [0.4, 0.5) is 5.69 Å². The molecule has 1 aromatic rings. The molecule has 0 spiro atoms. The fourth-order valence-electron chi connectivity index (χ4n) is 1.97. The van der Waals surface area contributed by atoms with Crippen LogP contribution in [-0.4, -0.2) is 18.8 Å². The summed E-state index contributed by atoms with van der Waals surface area (Å²) in [7, 11) is 1.86. The van der Waals surface area contributed by atoms with Crippen LogP contribution in [-0.2, 0) is 0 Å². The van der Waals surface area contributed by atoms with Gasteiger partial charge in [0, 0.05) is 12.7 Å². The Bertz CT molecular complexity index is 392. The van der Waals surface area contributed by atoms with E-state index in [1.54, 1.807) is 4.90 Å². The van der Waals surface area contributed by atoms with Crippen LogP contribution in [0.1, 0.15) is 45.4 Å². The van der Waals surface area contributed by atoms with Crippen LogP contribution in [0.25, 0.3) is 0 Å². The maximum atomic E-state index is 5.73. The van der Waals surface area contributed by atoms with Gasteiger partial charge in [-0.25, -0.2) is 0 Å². The van der Waals surface area contributed by atoms with E-state index < -0.39 is 0 Å². The zero-order valence-electron chi connectivity index (χ0n) is 12.6. The summed E-state index contributed by atoms with van der Waals surface area (Å²) in [6, 6.07) is 7.86. The van der Waals surface area contributed by atoms with E-state index in [0.717, 1.165) is 24.5 Å². The van der Waals surface area contributed by atoms with Gasteiger partial charge in [-0.1, -0.05) is 39.0 Å². The molecule has 0 unspecified atom stereocenters. The summed E-state index contributed by atoms with van der Waals surface area (Å²) in [6.07, 6.45) is 7.67. The van der Waals surface area contributed by atoms with Gasteiger partial charge in [0.05, 0.1) is 6.61 Å². The first kappa shape index (κ1) is 16.8. The highest BCUT2D eigenvalue weighted by atomic mass is 32.1. The van der Waals surface area contributed by atoms with Crippen LogP contribution in [0, 0.1) is 0 Å². The van der Waals surface area contributed by atoms with Gasteiger partial charge < -0.3 is 15.4 Å². The van der Waals surface area contributed by atoms with E-state index in [4.69, 9.17) is 22.7 Å². The Morgan fingerprint density at radius 2 is 1.70 bits per heavy atom. The molecule has 0 aliphatic rings. The molecule has 0 bridgehead atoms. The van der Waals surface area contributed by atoms with Crippen molar-refractivity contribution in [2.24, 2.45) is 5.73 Å². The molecule has 20 heavy (non-hydrogen) atoms. The molecule has 0 saturated heterocycles. The largest absolute Gasteiger partial charge is 0.494 e. The Balaban J connectivity index is 2.23. The first-order valence-corrected chi connectivity index (χ1v) is 7.82. The van der Waals surface area contributed by atoms with E-state index in [9.17, 15) is 0 Å². The third-order valence-corrected chi connectivity index (χ3v) is 3.60. The van der Waals surface area contributed by atoms with Crippen LogP contribution in [0.2, 0.25) is 0 Å². The topological polar surface area (TPSA) is 38.5 Å². The minimum absolute atomic E-state index is 0.366. The maximum absolute atomic E-state index is 5.73. The summed E-state index contributed by atoms with van der Waals surface area (Å²) in [5.41, 5.74) is 6.56. The summed E-state index contributed by atoms with van der Waals surface area (Å²) < 4.78 is 5.73. The highest BCUT2D eigenvalue weighted by Gasteiger charge is 2.03. The second kappa shape index (κ2) is 9.59. The normalized spacial score (nSPS) is 10.3. The standard InChI is InChI=1S/C16H26N2OS/c1-3-4-5-6-7-8-13-19-15-11-9-14(10-12-15)18(2)16(17)20/h9-12H,3-8,13H2,1-2H3,(H2,17,20). The smallest absolute Gasteiger partial charge is 0.170 e. The molecule has 112 valence electrons. The quantitative estimate of drug-likeness (QED) is 0.549. The van der Waals surface area contributed by atoms with Gasteiger partial charge in [-0.05, 0) is 42.9 Å². The van der Waals surface area contributed by atoms with Crippen LogP contribution in [0.5, 0.6) is 5.75 Å². The lowest BCUT2D eigenvalue weighted by Gasteiger charge is -2.17. The molecule has 1 aromatic carbocycles. The third-order valence-electron chi connectivity index (χ3n) is 3.32.